The van der Waals surface area contributed by atoms with Crippen molar-refractivity contribution in [2.24, 2.45) is 5.92 Å². The standard InChI is InChI=1S/C26H36N4O3/c1-19-23(20(2)28-27-19)11-12-25(31)30-16-13-24(33-22-9-5-3-6-10-22)21(18-30)17-26(32)29-14-7-4-8-15-29/h3,5-6,9-10,21,24H,4,7-8,11-18H2,1-2H3,(H,27,28)/t21-,24-/m0/s1. The van der Waals surface area contributed by atoms with Gasteiger partial charge in [0.05, 0.1) is 5.69 Å². The van der Waals surface area contributed by atoms with Crippen molar-refractivity contribution in [2.45, 2.75) is 64.9 Å². The minimum Gasteiger partial charge on any atom is -0.490 e. The molecule has 0 unspecified atom stereocenters. The van der Waals surface area contributed by atoms with Gasteiger partial charge in [0, 0.05) is 57.1 Å². The average Bonchev–Trinajstić information content (AvgIpc) is 3.16. The Morgan fingerprint density at radius 3 is 2.48 bits per heavy atom. The highest BCUT2D eigenvalue weighted by atomic mass is 16.5. The molecule has 178 valence electrons. The normalized spacial score (nSPS) is 21.2. The molecule has 2 saturated heterocycles. The van der Waals surface area contributed by atoms with Crippen molar-refractivity contribution >= 4 is 11.8 Å². The largest absolute Gasteiger partial charge is 0.490 e. The number of carbonyl (C=O) groups is 2. The van der Waals surface area contributed by atoms with Gasteiger partial charge in [-0.1, -0.05) is 18.2 Å². The maximum atomic E-state index is 13.1. The van der Waals surface area contributed by atoms with Gasteiger partial charge < -0.3 is 14.5 Å². The molecule has 2 amide bonds. The van der Waals surface area contributed by atoms with E-state index in [0.29, 0.717) is 32.4 Å². The van der Waals surface area contributed by atoms with Crippen LogP contribution in [0.3, 0.4) is 0 Å². The Hall–Kier alpha value is -2.83. The van der Waals surface area contributed by atoms with Crippen LogP contribution in [0.1, 0.15) is 55.5 Å². The van der Waals surface area contributed by atoms with E-state index in [1.54, 1.807) is 0 Å². The topological polar surface area (TPSA) is 78.5 Å². The van der Waals surface area contributed by atoms with Crippen molar-refractivity contribution in [1.82, 2.24) is 20.0 Å². The Morgan fingerprint density at radius 1 is 1.03 bits per heavy atom. The van der Waals surface area contributed by atoms with Crippen LogP contribution in [0.4, 0.5) is 0 Å². The quantitative estimate of drug-likeness (QED) is 0.695. The number of hydrogen-bond acceptors (Lipinski definition) is 4. The number of para-hydroxylation sites is 1. The summed E-state index contributed by atoms with van der Waals surface area (Å²) in [6.45, 7) is 6.89. The van der Waals surface area contributed by atoms with Crippen LogP contribution in [0.2, 0.25) is 0 Å². The van der Waals surface area contributed by atoms with Gasteiger partial charge in [-0.25, -0.2) is 0 Å². The maximum Gasteiger partial charge on any atom is 0.223 e. The van der Waals surface area contributed by atoms with Gasteiger partial charge >= 0.3 is 0 Å². The number of amides is 2. The van der Waals surface area contributed by atoms with Crippen molar-refractivity contribution in [3.8, 4) is 5.75 Å². The van der Waals surface area contributed by atoms with Crippen LogP contribution in [0.5, 0.6) is 5.75 Å². The van der Waals surface area contributed by atoms with Crippen LogP contribution >= 0.6 is 0 Å². The number of piperidine rings is 2. The first-order valence-electron chi connectivity index (χ1n) is 12.3. The molecule has 1 aromatic heterocycles. The van der Waals surface area contributed by atoms with Crippen molar-refractivity contribution in [3.05, 3.63) is 47.3 Å². The zero-order chi connectivity index (χ0) is 23.2. The minimum atomic E-state index is -0.0662. The number of H-pyrrole nitrogens is 1. The number of nitrogens with one attached hydrogen (secondary N) is 1. The molecule has 1 N–H and O–H groups in total. The Labute approximate surface area is 196 Å². The molecule has 7 nitrogen and oxygen atoms in total. The highest BCUT2D eigenvalue weighted by molar-refractivity contribution is 5.78. The summed E-state index contributed by atoms with van der Waals surface area (Å²) in [6.07, 6.45) is 5.61. The SMILES string of the molecule is Cc1n[nH]c(C)c1CCC(=O)N1CC[C@H](Oc2ccccc2)[C@@H](CC(=O)N2CCCCC2)C1. The van der Waals surface area contributed by atoms with E-state index in [0.717, 1.165) is 55.1 Å². The first-order chi connectivity index (χ1) is 16.0. The fourth-order valence-corrected chi connectivity index (χ4v) is 5.09. The zero-order valence-electron chi connectivity index (χ0n) is 19.9. The van der Waals surface area contributed by atoms with E-state index >= 15 is 0 Å². The van der Waals surface area contributed by atoms with E-state index in [1.165, 1.54) is 6.42 Å². The molecule has 0 aliphatic carbocycles. The molecule has 7 heteroatoms. The molecule has 2 atom stereocenters. The van der Waals surface area contributed by atoms with Crippen LogP contribution in [0, 0.1) is 19.8 Å². The molecule has 2 aliphatic heterocycles. The summed E-state index contributed by atoms with van der Waals surface area (Å²) in [4.78, 5) is 30.1. The van der Waals surface area contributed by atoms with Gasteiger partial charge in [-0.15, -0.1) is 0 Å². The summed E-state index contributed by atoms with van der Waals surface area (Å²) in [6, 6.07) is 9.80. The first kappa shape index (κ1) is 23.3. The number of carbonyl (C=O) groups excluding carboxylic acids is 2. The molecule has 2 fully saturated rings. The number of aromatic nitrogens is 2. The second kappa shape index (κ2) is 10.9. The van der Waals surface area contributed by atoms with Gasteiger partial charge in [0.25, 0.3) is 0 Å². The molecule has 2 aliphatic rings. The van der Waals surface area contributed by atoms with Crippen molar-refractivity contribution in [3.63, 3.8) is 0 Å². The summed E-state index contributed by atoms with van der Waals surface area (Å²) in [7, 11) is 0. The number of aromatic amines is 1. The van der Waals surface area contributed by atoms with E-state index in [4.69, 9.17) is 4.74 Å². The lowest BCUT2D eigenvalue weighted by molar-refractivity contribution is -0.139. The number of aryl methyl sites for hydroxylation is 2. The van der Waals surface area contributed by atoms with E-state index < -0.39 is 0 Å². The number of rotatable bonds is 7. The molecular formula is C26H36N4O3. The number of nitrogens with zero attached hydrogens (tertiary/aromatic N) is 3. The lowest BCUT2D eigenvalue weighted by atomic mass is 9.90. The minimum absolute atomic E-state index is 0.00488. The van der Waals surface area contributed by atoms with E-state index in [1.807, 2.05) is 54.0 Å². The Kier molecular flexibility index (Phi) is 7.68. The molecular weight excluding hydrogens is 416 g/mol. The van der Waals surface area contributed by atoms with Crippen molar-refractivity contribution < 1.29 is 14.3 Å². The molecule has 0 radical (unpaired) electrons. The monoisotopic (exact) mass is 452 g/mol. The van der Waals surface area contributed by atoms with E-state index in [-0.39, 0.29) is 23.8 Å². The van der Waals surface area contributed by atoms with Crippen molar-refractivity contribution in [2.75, 3.05) is 26.2 Å². The molecule has 4 rings (SSSR count). The third kappa shape index (κ3) is 5.95. The maximum absolute atomic E-state index is 13.1. The van der Waals surface area contributed by atoms with Gasteiger partial charge in [0.1, 0.15) is 11.9 Å². The smallest absolute Gasteiger partial charge is 0.223 e. The third-order valence-corrected chi connectivity index (χ3v) is 7.06. The molecule has 2 aromatic rings. The van der Waals surface area contributed by atoms with Crippen LogP contribution in [0.25, 0.3) is 0 Å². The summed E-state index contributed by atoms with van der Waals surface area (Å²) in [5.74, 6) is 1.15. The lowest BCUT2D eigenvalue weighted by Gasteiger charge is -2.39. The Balaban J connectivity index is 1.41. The predicted octanol–water partition coefficient (Wildman–Crippen LogP) is 3.66. The molecule has 1 aromatic carbocycles. The zero-order valence-corrected chi connectivity index (χ0v) is 19.9. The number of hydrogen-bond donors (Lipinski definition) is 1. The second-order valence-corrected chi connectivity index (χ2v) is 9.42. The Morgan fingerprint density at radius 2 is 1.79 bits per heavy atom. The molecule has 33 heavy (non-hydrogen) atoms. The van der Waals surface area contributed by atoms with Gasteiger partial charge in [-0.05, 0) is 57.2 Å². The van der Waals surface area contributed by atoms with E-state index in [9.17, 15) is 9.59 Å². The fraction of sp³-hybridized carbons (Fsp3) is 0.577. The first-order valence-corrected chi connectivity index (χ1v) is 12.3. The van der Waals surface area contributed by atoms with Crippen LogP contribution in [-0.4, -0.2) is 64.1 Å². The molecule has 3 heterocycles. The number of ether oxygens (including phenoxy) is 1. The van der Waals surface area contributed by atoms with Crippen LogP contribution in [-0.2, 0) is 16.0 Å². The lowest BCUT2D eigenvalue weighted by Crippen LogP contribution is -2.50. The van der Waals surface area contributed by atoms with E-state index in [2.05, 4.69) is 10.2 Å². The highest BCUT2D eigenvalue weighted by Crippen LogP contribution is 2.27. The highest BCUT2D eigenvalue weighted by Gasteiger charge is 2.35. The van der Waals surface area contributed by atoms with Crippen LogP contribution < -0.4 is 4.74 Å². The van der Waals surface area contributed by atoms with Gasteiger partial charge in [-0.3, -0.25) is 14.7 Å². The van der Waals surface area contributed by atoms with Gasteiger partial charge in [0.15, 0.2) is 0 Å². The second-order valence-electron chi connectivity index (χ2n) is 9.42. The molecule has 0 bridgehead atoms. The Bertz CT molecular complexity index is 917. The third-order valence-electron chi connectivity index (χ3n) is 7.06. The average molecular weight is 453 g/mol. The summed E-state index contributed by atoms with van der Waals surface area (Å²) in [5, 5.41) is 7.23. The fourth-order valence-electron chi connectivity index (χ4n) is 5.09. The van der Waals surface area contributed by atoms with Crippen molar-refractivity contribution in [1.29, 1.82) is 0 Å². The summed E-state index contributed by atoms with van der Waals surface area (Å²) < 4.78 is 6.31. The van der Waals surface area contributed by atoms with Gasteiger partial charge in [0.2, 0.25) is 11.8 Å². The summed E-state index contributed by atoms with van der Waals surface area (Å²) >= 11 is 0. The predicted molar refractivity (Wildman–Crippen MR) is 127 cm³/mol. The number of benzene rings is 1. The molecule has 0 spiro atoms. The van der Waals surface area contributed by atoms with Gasteiger partial charge in [-0.2, -0.15) is 5.10 Å². The van der Waals surface area contributed by atoms with Crippen LogP contribution in [0.15, 0.2) is 30.3 Å². The number of likely N-dealkylation sites (tertiary alicyclic amines) is 2. The summed E-state index contributed by atoms with van der Waals surface area (Å²) in [5.41, 5.74) is 3.11. The molecule has 0 saturated carbocycles.